The molecular weight excluding hydrogens is 311 g/mol. The average molecular weight is 325 g/mol. The van der Waals surface area contributed by atoms with Crippen molar-refractivity contribution in [2.75, 3.05) is 7.11 Å². The van der Waals surface area contributed by atoms with Crippen LogP contribution in [0, 0.1) is 5.82 Å². The van der Waals surface area contributed by atoms with E-state index in [0.29, 0.717) is 35.3 Å². The van der Waals surface area contributed by atoms with Crippen LogP contribution in [0.4, 0.5) is 4.39 Å². The van der Waals surface area contributed by atoms with Gasteiger partial charge in [0.25, 0.3) is 0 Å². The van der Waals surface area contributed by atoms with Crippen molar-refractivity contribution in [1.82, 2.24) is 9.97 Å². The van der Waals surface area contributed by atoms with E-state index in [1.807, 2.05) is 0 Å². The molecule has 0 aliphatic heterocycles. The normalized spacial score (nSPS) is 10.5. The van der Waals surface area contributed by atoms with Crippen LogP contribution in [-0.4, -0.2) is 28.2 Å². The molecule has 1 aromatic carbocycles. The van der Waals surface area contributed by atoms with Gasteiger partial charge in [-0.15, -0.1) is 0 Å². The van der Waals surface area contributed by atoms with E-state index >= 15 is 0 Å². The minimum absolute atomic E-state index is 0.0130. The molecule has 5 nitrogen and oxygen atoms in total. The van der Waals surface area contributed by atoms with Gasteiger partial charge in [-0.1, -0.05) is 0 Å². The number of aryl methyl sites for hydroxylation is 1. The van der Waals surface area contributed by atoms with Crippen molar-refractivity contribution < 1.29 is 19.0 Å². The third kappa shape index (κ3) is 3.92. The summed E-state index contributed by atoms with van der Waals surface area (Å²) in [6.07, 6.45) is 3.76. The van der Waals surface area contributed by atoms with Crippen LogP contribution in [0.2, 0.25) is 5.28 Å². The fourth-order valence-electron chi connectivity index (χ4n) is 2.17. The molecule has 0 bridgehead atoms. The van der Waals surface area contributed by atoms with Gasteiger partial charge in [0.15, 0.2) is 0 Å². The number of rotatable bonds is 6. The molecule has 0 aliphatic carbocycles. The molecule has 0 saturated heterocycles. The lowest BCUT2D eigenvalue weighted by molar-refractivity contribution is -0.137. The molecule has 0 spiro atoms. The fraction of sp³-hybridized carbons (Fsp3) is 0.267. The van der Waals surface area contributed by atoms with E-state index in [2.05, 4.69) is 9.97 Å². The van der Waals surface area contributed by atoms with Crippen molar-refractivity contribution in [3.05, 3.63) is 41.2 Å². The maximum absolute atomic E-state index is 13.9. The molecule has 22 heavy (non-hydrogen) atoms. The van der Waals surface area contributed by atoms with E-state index in [1.54, 1.807) is 0 Å². The summed E-state index contributed by atoms with van der Waals surface area (Å²) in [5.74, 6) is -0.838. The van der Waals surface area contributed by atoms with E-state index in [-0.39, 0.29) is 11.7 Å². The summed E-state index contributed by atoms with van der Waals surface area (Å²) in [5, 5.41) is 8.79. The van der Waals surface area contributed by atoms with E-state index in [9.17, 15) is 9.18 Å². The van der Waals surface area contributed by atoms with Crippen molar-refractivity contribution in [2.45, 2.75) is 19.3 Å². The number of ether oxygens (including phenoxy) is 1. The average Bonchev–Trinajstić information content (AvgIpc) is 2.47. The number of hydrogen-bond donors (Lipinski definition) is 1. The molecule has 0 fully saturated rings. The van der Waals surface area contributed by atoms with Crippen LogP contribution < -0.4 is 4.74 Å². The molecule has 1 heterocycles. The van der Waals surface area contributed by atoms with Gasteiger partial charge < -0.3 is 9.84 Å². The molecule has 7 heteroatoms. The van der Waals surface area contributed by atoms with Crippen LogP contribution in [0.3, 0.4) is 0 Å². The number of aromatic nitrogens is 2. The lowest BCUT2D eigenvalue weighted by Gasteiger charge is -2.14. The van der Waals surface area contributed by atoms with Gasteiger partial charge in [-0.25, -0.2) is 14.4 Å². The number of carbonyl (C=O) groups is 1. The minimum atomic E-state index is -0.887. The first-order chi connectivity index (χ1) is 10.5. The number of methoxy groups -OCH3 is 1. The molecule has 0 unspecified atom stereocenters. The molecular formula is C15H14ClFN2O3. The SMILES string of the molecule is COc1c(CCCC(=O)O)cc(F)cc1-c1cnc(Cl)nc1. The number of carboxylic acids is 1. The van der Waals surface area contributed by atoms with Gasteiger partial charge in [0, 0.05) is 29.9 Å². The second-order valence-electron chi connectivity index (χ2n) is 4.63. The summed E-state index contributed by atoms with van der Waals surface area (Å²) in [6.45, 7) is 0. The topological polar surface area (TPSA) is 72.3 Å². The summed E-state index contributed by atoms with van der Waals surface area (Å²) < 4.78 is 19.2. The van der Waals surface area contributed by atoms with Crippen molar-refractivity contribution >= 4 is 17.6 Å². The number of aliphatic carboxylic acids is 1. The first-order valence-corrected chi connectivity index (χ1v) is 6.95. The second-order valence-corrected chi connectivity index (χ2v) is 4.97. The quantitative estimate of drug-likeness (QED) is 0.825. The van der Waals surface area contributed by atoms with Crippen LogP contribution in [0.15, 0.2) is 24.5 Å². The zero-order chi connectivity index (χ0) is 16.1. The summed E-state index contributed by atoms with van der Waals surface area (Å²) in [7, 11) is 1.48. The maximum Gasteiger partial charge on any atom is 0.303 e. The van der Waals surface area contributed by atoms with Crippen LogP contribution in [-0.2, 0) is 11.2 Å². The van der Waals surface area contributed by atoms with E-state index in [1.165, 1.54) is 31.6 Å². The maximum atomic E-state index is 13.9. The lowest BCUT2D eigenvalue weighted by Crippen LogP contribution is -2.00. The van der Waals surface area contributed by atoms with Gasteiger partial charge >= 0.3 is 5.97 Å². The Morgan fingerprint density at radius 2 is 2.05 bits per heavy atom. The van der Waals surface area contributed by atoms with Gasteiger partial charge in [0.05, 0.1) is 7.11 Å². The first kappa shape index (κ1) is 16.2. The Balaban J connectivity index is 2.39. The molecule has 1 aromatic heterocycles. The Hall–Kier alpha value is -2.21. The van der Waals surface area contributed by atoms with Gasteiger partial charge in [0.1, 0.15) is 11.6 Å². The summed E-state index contributed by atoms with van der Waals surface area (Å²) in [4.78, 5) is 18.3. The van der Waals surface area contributed by atoms with Crippen LogP contribution >= 0.6 is 11.6 Å². The second kappa shape index (κ2) is 7.17. The van der Waals surface area contributed by atoms with Gasteiger partial charge in [-0.05, 0) is 42.1 Å². The van der Waals surface area contributed by atoms with Crippen molar-refractivity contribution in [2.24, 2.45) is 0 Å². The third-order valence-corrected chi connectivity index (χ3v) is 3.30. The van der Waals surface area contributed by atoms with Crippen molar-refractivity contribution in [1.29, 1.82) is 0 Å². The Kier molecular flexibility index (Phi) is 5.27. The summed E-state index contributed by atoms with van der Waals surface area (Å²) in [5.41, 5.74) is 1.68. The van der Waals surface area contributed by atoms with Crippen LogP contribution in [0.25, 0.3) is 11.1 Å². The fourth-order valence-corrected chi connectivity index (χ4v) is 2.27. The Bertz CT molecular complexity index is 677. The highest BCUT2D eigenvalue weighted by atomic mass is 35.5. The molecule has 0 amide bonds. The lowest BCUT2D eigenvalue weighted by atomic mass is 10.00. The van der Waals surface area contributed by atoms with E-state index in [4.69, 9.17) is 21.4 Å². The van der Waals surface area contributed by atoms with E-state index in [0.717, 1.165) is 0 Å². The monoisotopic (exact) mass is 324 g/mol. The molecule has 116 valence electrons. The smallest absolute Gasteiger partial charge is 0.303 e. The molecule has 2 rings (SSSR count). The highest BCUT2D eigenvalue weighted by Gasteiger charge is 2.14. The number of carboxylic acid groups (broad SMARTS) is 1. The molecule has 0 atom stereocenters. The van der Waals surface area contributed by atoms with Gasteiger partial charge in [0.2, 0.25) is 5.28 Å². The highest BCUT2D eigenvalue weighted by molar-refractivity contribution is 6.28. The predicted octanol–water partition coefficient (Wildman–Crippen LogP) is 3.35. The molecule has 0 aliphatic rings. The highest BCUT2D eigenvalue weighted by Crippen LogP contribution is 2.34. The molecule has 0 radical (unpaired) electrons. The molecule has 2 aromatic rings. The Morgan fingerprint density at radius 3 is 2.64 bits per heavy atom. The number of halogens is 2. The molecule has 0 saturated carbocycles. The molecule has 1 N–H and O–H groups in total. The Labute approximate surface area is 131 Å². The Morgan fingerprint density at radius 1 is 1.36 bits per heavy atom. The zero-order valence-corrected chi connectivity index (χ0v) is 12.6. The largest absolute Gasteiger partial charge is 0.496 e. The number of nitrogens with zero attached hydrogens (tertiary/aromatic N) is 2. The first-order valence-electron chi connectivity index (χ1n) is 6.57. The van der Waals surface area contributed by atoms with Crippen LogP contribution in [0.1, 0.15) is 18.4 Å². The predicted molar refractivity (Wildman–Crippen MR) is 79.6 cm³/mol. The third-order valence-electron chi connectivity index (χ3n) is 3.10. The standard InChI is InChI=1S/C15H14ClFN2O3/c1-22-14-9(3-2-4-13(20)21)5-11(17)6-12(14)10-7-18-15(16)19-8-10/h5-8H,2-4H2,1H3,(H,20,21). The summed E-state index contributed by atoms with van der Waals surface area (Å²) in [6, 6.07) is 2.67. The minimum Gasteiger partial charge on any atom is -0.496 e. The number of hydrogen-bond acceptors (Lipinski definition) is 4. The van der Waals surface area contributed by atoms with Gasteiger partial charge in [-0.3, -0.25) is 4.79 Å². The van der Waals surface area contributed by atoms with E-state index < -0.39 is 11.8 Å². The number of benzene rings is 1. The zero-order valence-electron chi connectivity index (χ0n) is 11.8. The van der Waals surface area contributed by atoms with Crippen molar-refractivity contribution in [3.8, 4) is 16.9 Å². The summed E-state index contributed by atoms with van der Waals surface area (Å²) >= 11 is 5.65. The van der Waals surface area contributed by atoms with Gasteiger partial charge in [-0.2, -0.15) is 0 Å². The van der Waals surface area contributed by atoms with Crippen molar-refractivity contribution in [3.63, 3.8) is 0 Å². The van der Waals surface area contributed by atoms with Crippen LogP contribution in [0.5, 0.6) is 5.75 Å².